The number of aromatic nitrogens is 2. The standard InChI is InChI=1S/C13H12N2O3/c1-8-5-3-4-6-11(8)18-13-14-7-10(12(16)17)9(2)15-13/h3-7H,1-2H3,(H,16,17). The van der Waals surface area contributed by atoms with Crippen LogP contribution >= 0.6 is 0 Å². The summed E-state index contributed by atoms with van der Waals surface area (Å²) < 4.78 is 5.51. The molecule has 1 aromatic heterocycles. The Morgan fingerprint density at radius 1 is 1.28 bits per heavy atom. The van der Waals surface area contributed by atoms with Crippen LogP contribution in [0.5, 0.6) is 11.8 Å². The van der Waals surface area contributed by atoms with Crippen LogP contribution in [0.1, 0.15) is 21.6 Å². The molecule has 0 fully saturated rings. The first-order valence-electron chi connectivity index (χ1n) is 5.38. The highest BCUT2D eigenvalue weighted by molar-refractivity contribution is 5.88. The highest BCUT2D eigenvalue weighted by Gasteiger charge is 2.11. The molecule has 0 bridgehead atoms. The summed E-state index contributed by atoms with van der Waals surface area (Å²) in [6, 6.07) is 7.61. The van der Waals surface area contributed by atoms with Gasteiger partial charge in [-0.25, -0.2) is 9.78 Å². The van der Waals surface area contributed by atoms with Gasteiger partial charge in [-0.15, -0.1) is 0 Å². The summed E-state index contributed by atoms with van der Waals surface area (Å²) in [6.07, 6.45) is 1.25. The molecule has 1 N–H and O–H groups in total. The van der Waals surface area contributed by atoms with Gasteiger partial charge in [-0.2, -0.15) is 4.98 Å². The van der Waals surface area contributed by atoms with Gasteiger partial charge in [-0.1, -0.05) is 18.2 Å². The Labute approximate surface area is 104 Å². The van der Waals surface area contributed by atoms with Crippen molar-refractivity contribution in [3.05, 3.63) is 47.3 Å². The quantitative estimate of drug-likeness (QED) is 0.898. The number of nitrogens with zero attached hydrogens (tertiary/aromatic N) is 2. The second-order valence-corrected chi connectivity index (χ2v) is 3.82. The molecular formula is C13H12N2O3. The van der Waals surface area contributed by atoms with Gasteiger partial charge >= 0.3 is 12.0 Å². The van der Waals surface area contributed by atoms with E-state index in [2.05, 4.69) is 9.97 Å². The van der Waals surface area contributed by atoms with Gasteiger partial charge in [0.15, 0.2) is 0 Å². The van der Waals surface area contributed by atoms with Crippen LogP contribution in [-0.4, -0.2) is 21.0 Å². The molecule has 0 atom stereocenters. The lowest BCUT2D eigenvalue weighted by atomic mass is 10.2. The molecule has 0 aliphatic rings. The van der Waals surface area contributed by atoms with Gasteiger partial charge in [0, 0.05) is 6.20 Å². The minimum Gasteiger partial charge on any atom is -0.478 e. The topological polar surface area (TPSA) is 72.3 Å². The van der Waals surface area contributed by atoms with Crippen molar-refractivity contribution in [1.82, 2.24) is 9.97 Å². The van der Waals surface area contributed by atoms with Crippen LogP contribution in [0.2, 0.25) is 0 Å². The number of carboxylic acids is 1. The SMILES string of the molecule is Cc1ccccc1Oc1ncc(C(=O)O)c(C)n1. The summed E-state index contributed by atoms with van der Waals surface area (Å²) in [6.45, 7) is 3.52. The van der Waals surface area contributed by atoms with Crippen LogP contribution in [0.4, 0.5) is 0 Å². The fourth-order valence-electron chi connectivity index (χ4n) is 1.47. The average Bonchev–Trinajstić information content (AvgIpc) is 2.32. The van der Waals surface area contributed by atoms with E-state index in [9.17, 15) is 4.79 Å². The predicted octanol–water partition coefficient (Wildman–Crippen LogP) is 2.58. The number of aryl methyl sites for hydroxylation is 2. The van der Waals surface area contributed by atoms with Crippen molar-refractivity contribution in [3.8, 4) is 11.8 Å². The van der Waals surface area contributed by atoms with E-state index in [1.807, 2.05) is 25.1 Å². The Morgan fingerprint density at radius 2 is 2.00 bits per heavy atom. The normalized spacial score (nSPS) is 10.1. The van der Waals surface area contributed by atoms with Gasteiger partial charge in [0.25, 0.3) is 0 Å². The number of carbonyl (C=O) groups is 1. The van der Waals surface area contributed by atoms with Gasteiger partial charge in [-0.3, -0.25) is 0 Å². The molecule has 0 saturated heterocycles. The molecule has 0 amide bonds. The number of para-hydroxylation sites is 1. The van der Waals surface area contributed by atoms with Crippen molar-refractivity contribution in [2.75, 3.05) is 0 Å². The second kappa shape index (κ2) is 4.83. The van der Waals surface area contributed by atoms with E-state index < -0.39 is 5.97 Å². The number of rotatable bonds is 3. The first kappa shape index (κ1) is 12.0. The number of hydrogen-bond acceptors (Lipinski definition) is 4. The smallest absolute Gasteiger partial charge is 0.339 e. The maximum atomic E-state index is 10.8. The molecule has 1 heterocycles. The van der Waals surface area contributed by atoms with Gasteiger partial charge in [0.1, 0.15) is 5.75 Å². The lowest BCUT2D eigenvalue weighted by Crippen LogP contribution is -2.04. The third-order valence-corrected chi connectivity index (χ3v) is 2.48. The van der Waals surface area contributed by atoms with Crippen molar-refractivity contribution in [2.45, 2.75) is 13.8 Å². The van der Waals surface area contributed by atoms with E-state index in [0.29, 0.717) is 11.4 Å². The van der Waals surface area contributed by atoms with E-state index in [-0.39, 0.29) is 11.6 Å². The molecule has 5 heteroatoms. The number of ether oxygens (including phenoxy) is 1. The second-order valence-electron chi connectivity index (χ2n) is 3.82. The Hall–Kier alpha value is -2.43. The third kappa shape index (κ3) is 2.45. The molecule has 1 aromatic carbocycles. The molecule has 0 radical (unpaired) electrons. The first-order chi connectivity index (χ1) is 8.58. The van der Waals surface area contributed by atoms with Crippen LogP contribution in [-0.2, 0) is 0 Å². The van der Waals surface area contributed by atoms with Crippen LogP contribution in [0.25, 0.3) is 0 Å². The van der Waals surface area contributed by atoms with E-state index in [4.69, 9.17) is 9.84 Å². The fraction of sp³-hybridized carbons (Fsp3) is 0.154. The van der Waals surface area contributed by atoms with E-state index >= 15 is 0 Å². The monoisotopic (exact) mass is 244 g/mol. The van der Waals surface area contributed by atoms with E-state index in [0.717, 1.165) is 5.56 Å². The summed E-state index contributed by atoms with van der Waals surface area (Å²) in [5.41, 5.74) is 1.41. The maximum Gasteiger partial charge on any atom is 0.339 e. The molecule has 0 aliphatic heterocycles. The fourth-order valence-corrected chi connectivity index (χ4v) is 1.47. The Balaban J connectivity index is 2.29. The summed E-state index contributed by atoms with van der Waals surface area (Å²) in [5, 5.41) is 8.87. The summed E-state index contributed by atoms with van der Waals surface area (Å²) >= 11 is 0. The Kier molecular flexibility index (Phi) is 3.23. The Bertz CT molecular complexity index is 597. The largest absolute Gasteiger partial charge is 0.478 e. The lowest BCUT2D eigenvalue weighted by molar-refractivity contribution is 0.0695. The molecule has 2 rings (SSSR count). The van der Waals surface area contributed by atoms with Gasteiger partial charge in [0.2, 0.25) is 0 Å². The van der Waals surface area contributed by atoms with Crippen molar-refractivity contribution >= 4 is 5.97 Å². The lowest BCUT2D eigenvalue weighted by Gasteiger charge is -2.07. The number of benzene rings is 1. The molecule has 0 aliphatic carbocycles. The molecule has 0 spiro atoms. The minimum atomic E-state index is -1.05. The van der Waals surface area contributed by atoms with E-state index in [1.165, 1.54) is 6.20 Å². The molecule has 0 unspecified atom stereocenters. The summed E-state index contributed by atoms with van der Waals surface area (Å²) in [4.78, 5) is 18.7. The zero-order chi connectivity index (χ0) is 13.1. The van der Waals surface area contributed by atoms with Gasteiger partial charge in [0.05, 0.1) is 11.3 Å². The molecule has 2 aromatic rings. The van der Waals surface area contributed by atoms with Gasteiger partial charge in [-0.05, 0) is 25.5 Å². The zero-order valence-corrected chi connectivity index (χ0v) is 10.0. The highest BCUT2D eigenvalue weighted by atomic mass is 16.5. The van der Waals surface area contributed by atoms with Crippen LogP contribution < -0.4 is 4.74 Å². The highest BCUT2D eigenvalue weighted by Crippen LogP contribution is 2.22. The molecular weight excluding hydrogens is 232 g/mol. The maximum absolute atomic E-state index is 10.8. The van der Waals surface area contributed by atoms with Crippen LogP contribution in [0.15, 0.2) is 30.5 Å². The number of aromatic carboxylic acids is 1. The minimum absolute atomic E-state index is 0.0760. The number of hydrogen-bond donors (Lipinski definition) is 1. The third-order valence-electron chi connectivity index (χ3n) is 2.48. The molecule has 5 nitrogen and oxygen atoms in total. The van der Waals surface area contributed by atoms with Crippen LogP contribution in [0, 0.1) is 13.8 Å². The molecule has 18 heavy (non-hydrogen) atoms. The first-order valence-corrected chi connectivity index (χ1v) is 5.38. The van der Waals surface area contributed by atoms with Crippen LogP contribution in [0.3, 0.4) is 0 Å². The van der Waals surface area contributed by atoms with E-state index in [1.54, 1.807) is 13.0 Å². The zero-order valence-electron chi connectivity index (χ0n) is 10.0. The number of carboxylic acid groups (broad SMARTS) is 1. The predicted molar refractivity (Wildman–Crippen MR) is 65.0 cm³/mol. The Morgan fingerprint density at radius 3 is 2.61 bits per heavy atom. The van der Waals surface area contributed by atoms with Crippen molar-refractivity contribution in [3.63, 3.8) is 0 Å². The van der Waals surface area contributed by atoms with Crippen molar-refractivity contribution in [2.24, 2.45) is 0 Å². The average molecular weight is 244 g/mol. The van der Waals surface area contributed by atoms with Gasteiger partial charge < -0.3 is 9.84 Å². The summed E-state index contributed by atoms with van der Waals surface area (Å²) in [7, 11) is 0. The molecule has 0 saturated carbocycles. The molecule has 92 valence electrons. The van der Waals surface area contributed by atoms with Crippen molar-refractivity contribution in [1.29, 1.82) is 0 Å². The van der Waals surface area contributed by atoms with Crippen molar-refractivity contribution < 1.29 is 14.6 Å². The summed E-state index contributed by atoms with van der Waals surface area (Å²) in [5.74, 6) is -0.394.